The van der Waals surface area contributed by atoms with Crippen molar-refractivity contribution in [1.29, 1.82) is 0 Å². The number of methoxy groups -OCH3 is 1. The lowest BCUT2D eigenvalue weighted by molar-refractivity contribution is -0.139. The molecule has 0 bridgehead atoms. The van der Waals surface area contributed by atoms with E-state index in [9.17, 15) is 9.59 Å². The SMILES string of the molecule is CC[C@H]1CCCCN1C(=O)[C@@H]1CC(=O)N(c2cc(C)ccc2OC)C1. The molecule has 2 amide bonds. The van der Waals surface area contributed by atoms with Crippen LogP contribution >= 0.6 is 0 Å². The summed E-state index contributed by atoms with van der Waals surface area (Å²) in [5.74, 6) is 0.586. The van der Waals surface area contributed by atoms with Gasteiger partial charge in [-0.1, -0.05) is 13.0 Å². The van der Waals surface area contributed by atoms with Crippen LogP contribution in [0.2, 0.25) is 0 Å². The van der Waals surface area contributed by atoms with Crippen molar-refractivity contribution >= 4 is 17.5 Å². The van der Waals surface area contributed by atoms with Crippen molar-refractivity contribution in [1.82, 2.24) is 4.90 Å². The van der Waals surface area contributed by atoms with Crippen molar-refractivity contribution in [3.05, 3.63) is 23.8 Å². The summed E-state index contributed by atoms with van der Waals surface area (Å²) >= 11 is 0. The Kier molecular flexibility index (Phi) is 5.30. The monoisotopic (exact) mass is 344 g/mol. The predicted molar refractivity (Wildman–Crippen MR) is 97.8 cm³/mol. The number of amides is 2. The molecule has 2 fully saturated rings. The van der Waals surface area contributed by atoms with Crippen molar-refractivity contribution in [3.8, 4) is 5.75 Å². The molecular formula is C20H28N2O3. The van der Waals surface area contributed by atoms with Crippen molar-refractivity contribution < 1.29 is 14.3 Å². The number of hydrogen-bond acceptors (Lipinski definition) is 3. The minimum Gasteiger partial charge on any atom is -0.495 e. The molecule has 5 nitrogen and oxygen atoms in total. The van der Waals surface area contributed by atoms with Crippen LogP contribution in [0.15, 0.2) is 18.2 Å². The number of anilines is 1. The second-order valence-electron chi connectivity index (χ2n) is 7.17. The summed E-state index contributed by atoms with van der Waals surface area (Å²) in [6.45, 7) is 5.41. The van der Waals surface area contributed by atoms with E-state index in [0.29, 0.717) is 24.8 Å². The summed E-state index contributed by atoms with van der Waals surface area (Å²) < 4.78 is 5.42. The fourth-order valence-corrected chi connectivity index (χ4v) is 4.07. The molecule has 2 atom stereocenters. The van der Waals surface area contributed by atoms with Crippen LogP contribution < -0.4 is 9.64 Å². The van der Waals surface area contributed by atoms with Crippen molar-refractivity contribution in [2.24, 2.45) is 5.92 Å². The third kappa shape index (κ3) is 3.51. The normalized spacial score (nSPS) is 23.9. The molecule has 25 heavy (non-hydrogen) atoms. The molecule has 2 aliphatic rings. The van der Waals surface area contributed by atoms with Gasteiger partial charge in [-0.05, 0) is 50.3 Å². The first kappa shape index (κ1) is 17.8. The van der Waals surface area contributed by atoms with Gasteiger partial charge >= 0.3 is 0 Å². The van der Waals surface area contributed by atoms with Gasteiger partial charge in [-0.15, -0.1) is 0 Å². The summed E-state index contributed by atoms with van der Waals surface area (Å²) in [6, 6.07) is 6.13. The van der Waals surface area contributed by atoms with Crippen LogP contribution in [0.5, 0.6) is 5.75 Å². The second kappa shape index (κ2) is 7.46. The molecular weight excluding hydrogens is 316 g/mol. The number of benzene rings is 1. The molecule has 5 heteroatoms. The quantitative estimate of drug-likeness (QED) is 0.843. The number of nitrogens with zero attached hydrogens (tertiary/aromatic N) is 2. The van der Waals surface area contributed by atoms with Crippen molar-refractivity contribution in [2.45, 2.75) is 52.0 Å². The highest BCUT2D eigenvalue weighted by Crippen LogP contribution is 2.35. The lowest BCUT2D eigenvalue weighted by Crippen LogP contribution is -2.46. The molecule has 1 aromatic carbocycles. The first-order chi connectivity index (χ1) is 12.0. The Hall–Kier alpha value is -2.04. The lowest BCUT2D eigenvalue weighted by Gasteiger charge is -2.36. The van der Waals surface area contributed by atoms with E-state index in [4.69, 9.17) is 4.74 Å². The van der Waals surface area contributed by atoms with Gasteiger partial charge in [-0.2, -0.15) is 0 Å². The summed E-state index contributed by atoms with van der Waals surface area (Å²) in [5, 5.41) is 0. The standard InChI is InChI=1S/C20H28N2O3/c1-4-16-7-5-6-10-21(16)20(24)15-12-19(23)22(13-15)17-11-14(2)8-9-18(17)25-3/h8-9,11,15-16H,4-7,10,12-13H2,1-3H3/t15-,16+/m1/s1. The highest BCUT2D eigenvalue weighted by atomic mass is 16.5. The van der Waals surface area contributed by atoms with Crippen molar-refractivity contribution in [3.63, 3.8) is 0 Å². The van der Waals surface area contributed by atoms with E-state index in [2.05, 4.69) is 6.92 Å². The van der Waals surface area contributed by atoms with Gasteiger partial charge in [-0.25, -0.2) is 0 Å². The Morgan fingerprint density at radius 3 is 2.84 bits per heavy atom. The first-order valence-electron chi connectivity index (χ1n) is 9.30. The number of carbonyl (C=O) groups excluding carboxylic acids is 2. The van der Waals surface area contributed by atoms with Gasteiger partial charge in [-0.3, -0.25) is 9.59 Å². The zero-order chi connectivity index (χ0) is 18.0. The maximum atomic E-state index is 13.0. The molecule has 0 saturated carbocycles. The number of piperidine rings is 1. The van der Waals surface area contributed by atoms with Gasteiger partial charge in [0, 0.05) is 25.6 Å². The molecule has 0 aliphatic carbocycles. The van der Waals surface area contributed by atoms with E-state index in [1.165, 1.54) is 6.42 Å². The van der Waals surface area contributed by atoms with E-state index in [-0.39, 0.29) is 17.7 Å². The summed E-state index contributed by atoms with van der Waals surface area (Å²) in [4.78, 5) is 29.4. The molecule has 2 heterocycles. The minimum atomic E-state index is -0.245. The van der Waals surface area contributed by atoms with E-state index in [0.717, 1.165) is 37.1 Å². The number of aryl methyl sites for hydroxylation is 1. The van der Waals surface area contributed by atoms with Crippen LogP contribution in [0.1, 0.15) is 44.6 Å². The number of hydrogen-bond donors (Lipinski definition) is 0. The average Bonchev–Trinajstić information content (AvgIpc) is 3.02. The van der Waals surface area contributed by atoms with E-state index < -0.39 is 0 Å². The summed E-state index contributed by atoms with van der Waals surface area (Å²) in [7, 11) is 1.61. The van der Waals surface area contributed by atoms with Crippen LogP contribution in [-0.4, -0.2) is 43.0 Å². The molecule has 2 saturated heterocycles. The molecule has 1 aromatic rings. The molecule has 0 spiro atoms. The minimum absolute atomic E-state index is 0.00677. The van der Waals surface area contributed by atoms with Crippen LogP contribution in [0.4, 0.5) is 5.69 Å². The zero-order valence-electron chi connectivity index (χ0n) is 15.5. The molecule has 136 valence electrons. The van der Waals surface area contributed by atoms with Crippen LogP contribution in [-0.2, 0) is 9.59 Å². The zero-order valence-corrected chi connectivity index (χ0v) is 15.5. The van der Waals surface area contributed by atoms with E-state index in [1.54, 1.807) is 12.0 Å². The lowest BCUT2D eigenvalue weighted by atomic mass is 9.97. The average molecular weight is 344 g/mol. The fourth-order valence-electron chi connectivity index (χ4n) is 4.07. The molecule has 3 rings (SSSR count). The van der Waals surface area contributed by atoms with Crippen LogP contribution in [0.25, 0.3) is 0 Å². The maximum absolute atomic E-state index is 13.0. The van der Waals surface area contributed by atoms with Crippen molar-refractivity contribution in [2.75, 3.05) is 25.1 Å². The molecule has 2 aliphatic heterocycles. The molecule has 0 N–H and O–H groups in total. The third-order valence-electron chi connectivity index (χ3n) is 5.48. The first-order valence-corrected chi connectivity index (χ1v) is 9.30. The molecule has 0 aromatic heterocycles. The summed E-state index contributed by atoms with van der Waals surface area (Å²) in [6.07, 6.45) is 4.62. The van der Waals surface area contributed by atoms with Crippen LogP contribution in [0.3, 0.4) is 0 Å². The number of ether oxygens (including phenoxy) is 1. The molecule has 0 unspecified atom stereocenters. The summed E-state index contributed by atoms with van der Waals surface area (Å²) in [5.41, 5.74) is 1.84. The Labute approximate surface area is 149 Å². The van der Waals surface area contributed by atoms with Gasteiger partial charge in [0.2, 0.25) is 11.8 Å². The Balaban J connectivity index is 1.78. The van der Waals surface area contributed by atoms with Gasteiger partial charge in [0.25, 0.3) is 0 Å². The largest absolute Gasteiger partial charge is 0.495 e. The van der Waals surface area contributed by atoms with Crippen LogP contribution in [0, 0.1) is 12.8 Å². The number of rotatable bonds is 4. The number of carbonyl (C=O) groups is 2. The highest BCUT2D eigenvalue weighted by Gasteiger charge is 2.39. The smallest absolute Gasteiger partial charge is 0.228 e. The van der Waals surface area contributed by atoms with Gasteiger partial charge in [0.1, 0.15) is 5.75 Å². The Morgan fingerprint density at radius 2 is 2.12 bits per heavy atom. The third-order valence-corrected chi connectivity index (χ3v) is 5.48. The van der Waals surface area contributed by atoms with Gasteiger partial charge in [0.15, 0.2) is 0 Å². The van der Waals surface area contributed by atoms with E-state index in [1.807, 2.05) is 30.0 Å². The topological polar surface area (TPSA) is 49.9 Å². The van der Waals surface area contributed by atoms with E-state index >= 15 is 0 Å². The van der Waals surface area contributed by atoms with Gasteiger partial charge < -0.3 is 14.5 Å². The predicted octanol–water partition coefficient (Wildman–Crippen LogP) is 3.15. The highest BCUT2D eigenvalue weighted by molar-refractivity contribution is 6.01. The Bertz CT molecular complexity index is 658. The van der Waals surface area contributed by atoms with Gasteiger partial charge in [0.05, 0.1) is 18.7 Å². The maximum Gasteiger partial charge on any atom is 0.228 e. The number of likely N-dealkylation sites (tertiary alicyclic amines) is 1. The Morgan fingerprint density at radius 1 is 1.32 bits per heavy atom. The molecule has 0 radical (unpaired) electrons. The second-order valence-corrected chi connectivity index (χ2v) is 7.17. The fraction of sp³-hybridized carbons (Fsp3) is 0.600.